The second-order valence-corrected chi connectivity index (χ2v) is 6.09. The van der Waals surface area contributed by atoms with Gasteiger partial charge in [0.15, 0.2) is 0 Å². The van der Waals surface area contributed by atoms with Crippen molar-refractivity contribution in [1.29, 1.82) is 0 Å². The molecule has 0 radical (unpaired) electrons. The molecular weight excluding hydrogens is 409 g/mol. The number of imide groups is 1. The minimum absolute atomic E-state index is 0.0496. The minimum Gasteiger partial charge on any atom is -0.492 e. The van der Waals surface area contributed by atoms with Crippen LogP contribution >= 0.6 is 23.2 Å². The van der Waals surface area contributed by atoms with Gasteiger partial charge in [0.2, 0.25) is 0 Å². The number of amides is 2. The van der Waals surface area contributed by atoms with Crippen molar-refractivity contribution >= 4 is 40.4 Å². The first kappa shape index (κ1) is 21.5. The molecule has 2 aromatic rings. The van der Waals surface area contributed by atoms with Crippen molar-refractivity contribution in [3.8, 4) is 17.2 Å². The average molecular weight is 426 g/mol. The van der Waals surface area contributed by atoms with Gasteiger partial charge in [0, 0.05) is 5.02 Å². The van der Waals surface area contributed by atoms with E-state index in [9.17, 15) is 14.4 Å². The molecule has 0 spiro atoms. The van der Waals surface area contributed by atoms with Gasteiger partial charge in [-0.05, 0) is 61.0 Å². The molecule has 2 rings (SSSR count). The van der Waals surface area contributed by atoms with E-state index in [0.717, 1.165) is 0 Å². The van der Waals surface area contributed by atoms with Crippen molar-refractivity contribution in [3.05, 3.63) is 53.6 Å². The maximum atomic E-state index is 11.8. The molecular formula is C19H17Cl2NO6. The van der Waals surface area contributed by atoms with Crippen LogP contribution < -0.4 is 9.47 Å². The van der Waals surface area contributed by atoms with Crippen LogP contribution in [0.5, 0.6) is 17.2 Å². The Morgan fingerprint density at radius 3 is 2.29 bits per heavy atom. The fourth-order valence-electron chi connectivity index (χ4n) is 2.11. The van der Waals surface area contributed by atoms with E-state index in [1.807, 2.05) is 0 Å². The Hall–Kier alpha value is -2.77. The van der Waals surface area contributed by atoms with Crippen LogP contribution in [0.25, 0.3) is 0 Å². The van der Waals surface area contributed by atoms with Crippen molar-refractivity contribution in [2.75, 3.05) is 19.8 Å². The summed E-state index contributed by atoms with van der Waals surface area (Å²) in [6.07, 6.45) is -0.963. The third-order valence-corrected chi connectivity index (χ3v) is 3.74. The maximum absolute atomic E-state index is 11.8. The molecule has 28 heavy (non-hydrogen) atoms. The molecule has 9 heteroatoms. The largest absolute Gasteiger partial charge is 0.492 e. The lowest BCUT2D eigenvalue weighted by atomic mass is 10.3. The summed E-state index contributed by atoms with van der Waals surface area (Å²) < 4.78 is 15.9. The van der Waals surface area contributed by atoms with Crippen LogP contribution in [0.3, 0.4) is 0 Å². The highest BCUT2D eigenvalue weighted by atomic mass is 35.5. The molecule has 0 atom stereocenters. The summed E-state index contributed by atoms with van der Waals surface area (Å²) in [6.45, 7) is 1.38. The van der Waals surface area contributed by atoms with Crippen LogP contribution in [-0.4, -0.2) is 41.9 Å². The number of nitrogens with zero attached hydrogens (tertiary/aromatic N) is 1. The van der Waals surface area contributed by atoms with Crippen LogP contribution in [0.1, 0.15) is 6.92 Å². The second-order valence-electron chi connectivity index (χ2n) is 5.31. The zero-order chi connectivity index (χ0) is 20.5. The standard InChI is InChI=1S/C19H17Cl2NO6/c1-2-26-19(25)22(18(24)17(21)23)10-11-27-14-6-8-15(9-7-14)28-16-5-3-4-13(20)12-16/h3-9,12H,2,10-11H2,1H3. The molecule has 7 nitrogen and oxygen atoms in total. The van der Waals surface area contributed by atoms with Gasteiger partial charge in [-0.25, -0.2) is 9.69 Å². The van der Waals surface area contributed by atoms with Gasteiger partial charge in [-0.2, -0.15) is 0 Å². The Kier molecular flexibility index (Phi) is 8.10. The topological polar surface area (TPSA) is 82.1 Å². The Morgan fingerprint density at radius 1 is 1.00 bits per heavy atom. The molecule has 0 aliphatic carbocycles. The van der Waals surface area contributed by atoms with Gasteiger partial charge in [0.05, 0.1) is 13.2 Å². The minimum atomic E-state index is -1.28. The van der Waals surface area contributed by atoms with Crippen molar-refractivity contribution in [1.82, 2.24) is 4.90 Å². The van der Waals surface area contributed by atoms with Crippen LogP contribution in [0.15, 0.2) is 48.5 Å². The van der Waals surface area contributed by atoms with E-state index in [1.165, 1.54) is 0 Å². The Morgan fingerprint density at radius 2 is 1.68 bits per heavy atom. The van der Waals surface area contributed by atoms with E-state index in [4.69, 9.17) is 37.4 Å². The first-order valence-corrected chi connectivity index (χ1v) is 9.00. The highest BCUT2D eigenvalue weighted by molar-refractivity contribution is 6.81. The van der Waals surface area contributed by atoms with Crippen LogP contribution in [-0.2, 0) is 14.3 Å². The van der Waals surface area contributed by atoms with E-state index < -0.39 is 17.2 Å². The van der Waals surface area contributed by atoms with Gasteiger partial charge in [-0.15, -0.1) is 0 Å². The molecule has 0 unspecified atom stereocenters. The van der Waals surface area contributed by atoms with Gasteiger partial charge in [0.25, 0.3) is 0 Å². The lowest BCUT2D eigenvalue weighted by molar-refractivity contribution is -0.139. The lowest BCUT2D eigenvalue weighted by Gasteiger charge is -2.18. The van der Waals surface area contributed by atoms with Gasteiger partial charge in [-0.3, -0.25) is 9.59 Å². The SMILES string of the molecule is CCOC(=O)N(CCOc1ccc(Oc2cccc(Cl)c2)cc1)C(=O)C(=O)Cl. The lowest BCUT2D eigenvalue weighted by Crippen LogP contribution is -2.42. The van der Waals surface area contributed by atoms with Crippen LogP contribution in [0, 0.1) is 0 Å². The van der Waals surface area contributed by atoms with E-state index in [0.29, 0.717) is 27.2 Å². The Balaban J connectivity index is 1.91. The number of hydrogen-bond donors (Lipinski definition) is 0. The Bertz CT molecular complexity index is 841. The van der Waals surface area contributed by atoms with Crippen molar-refractivity contribution in [3.63, 3.8) is 0 Å². The molecule has 2 aromatic carbocycles. The first-order chi connectivity index (χ1) is 13.4. The van der Waals surface area contributed by atoms with Gasteiger partial charge in [0.1, 0.15) is 23.9 Å². The maximum Gasteiger partial charge on any atom is 0.417 e. The van der Waals surface area contributed by atoms with Crippen LogP contribution in [0.2, 0.25) is 5.02 Å². The predicted molar refractivity (Wildman–Crippen MR) is 103 cm³/mol. The summed E-state index contributed by atoms with van der Waals surface area (Å²) in [4.78, 5) is 35.1. The van der Waals surface area contributed by atoms with Gasteiger partial charge in [-0.1, -0.05) is 17.7 Å². The third kappa shape index (κ3) is 6.44. The number of benzene rings is 2. The summed E-state index contributed by atoms with van der Waals surface area (Å²) >= 11 is 11.1. The molecule has 0 saturated heterocycles. The second kappa shape index (κ2) is 10.5. The molecule has 0 fully saturated rings. The molecule has 0 aromatic heterocycles. The molecule has 0 saturated carbocycles. The van der Waals surface area contributed by atoms with Gasteiger partial charge < -0.3 is 14.2 Å². The van der Waals surface area contributed by atoms with Crippen molar-refractivity contribution < 1.29 is 28.6 Å². The first-order valence-electron chi connectivity index (χ1n) is 8.25. The summed E-state index contributed by atoms with van der Waals surface area (Å²) in [5.41, 5.74) is 0. The Labute approximate surface area is 171 Å². The third-order valence-electron chi connectivity index (χ3n) is 3.34. The summed E-state index contributed by atoms with van der Waals surface area (Å²) in [5, 5.41) is -0.718. The fraction of sp³-hybridized carbons (Fsp3) is 0.211. The van der Waals surface area contributed by atoms with Crippen LogP contribution in [0.4, 0.5) is 4.79 Å². The summed E-state index contributed by atoms with van der Waals surface area (Å²) in [7, 11) is 0. The van der Waals surface area contributed by atoms with Gasteiger partial charge >= 0.3 is 17.2 Å². The van der Waals surface area contributed by atoms with E-state index >= 15 is 0 Å². The number of rotatable bonds is 8. The number of carbonyl (C=O) groups is 3. The highest BCUT2D eigenvalue weighted by Gasteiger charge is 2.27. The molecule has 0 bridgehead atoms. The number of halogens is 2. The number of carbonyl (C=O) groups excluding carboxylic acids is 3. The summed E-state index contributed by atoms with van der Waals surface area (Å²) in [5.74, 6) is 0.474. The van der Waals surface area contributed by atoms with Crippen molar-refractivity contribution in [2.45, 2.75) is 6.92 Å². The molecule has 2 amide bonds. The average Bonchev–Trinajstić information content (AvgIpc) is 2.66. The molecule has 148 valence electrons. The molecule has 0 aliphatic heterocycles. The van der Waals surface area contributed by atoms with E-state index in [2.05, 4.69) is 0 Å². The molecule has 0 N–H and O–H groups in total. The smallest absolute Gasteiger partial charge is 0.417 e. The highest BCUT2D eigenvalue weighted by Crippen LogP contribution is 2.25. The zero-order valence-electron chi connectivity index (χ0n) is 14.9. The quantitative estimate of drug-likeness (QED) is 0.464. The molecule has 0 aliphatic rings. The number of hydrogen-bond acceptors (Lipinski definition) is 6. The van der Waals surface area contributed by atoms with Crippen molar-refractivity contribution in [2.24, 2.45) is 0 Å². The fourth-order valence-corrected chi connectivity index (χ4v) is 2.39. The van der Waals surface area contributed by atoms with E-state index in [1.54, 1.807) is 55.5 Å². The predicted octanol–water partition coefficient (Wildman–Crippen LogP) is 4.26. The summed E-state index contributed by atoms with van der Waals surface area (Å²) in [6, 6.07) is 13.7. The normalized spacial score (nSPS) is 10.1. The monoisotopic (exact) mass is 425 g/mol. The zero-order valence-corrected chi connectivity index (χ0v) is 16.4. The van der Waals surface area contributed by atoms with E-state index in [-0.39, 0.29) is 19.8 Å². The molecule has 0 heterocycles. The number of ether oxygens (including phenoxy) is 3.